The quantitative estimate of drug-likeness (QED) is 0.607. The molecular weight excluding hydrogens is 427 g/mol. The van der Waals surface area contributed by atoms with Crippen LogP contribution in [0.25, 0.3) is 0 Å². The minimum Gasteiger partial charge on any atom is -0.352 e. The fourth-order valence-corrected chi connectivity index (χ4v) is 8.95. The van der Waals surface area contributed by atoms with E-state index in [1.165, 1.54) is 32.1 Å². The van der Waals surface area contributed by atoms with Crippen molar-refractivity contribution in [3.8, 4) is 0 Å². The third kappa shape index (κ3) is 3.82. The van der Waals surface area contributed by atoms with E-state index in [2.05, 4.69) is 5.32 Å². The standard InChI is InChI=1S/C23H34F3NO3S/c24-23(25,26)31(29,30)9-1-2-21-3-6-22(7-4-21,8-5-21)20(28)27-19-17-11-15-10-16(13-17)14-18(19)12-15/h15-19H,1-14H2,(H,27,28). The first kappa shape index (κ1) is 22.0. The van der Waals surface area contributed by atoms with Gasteiger partial charge in [-0.2, -0.15) is 13.2 Å². The molecule has 0 aromatic heterocycles. The Kier molecular flexibility index (Phi) is 5.23. The summed E-state index contributed by atoms with van der Waals surface area (Å²) in [6.07, 6.45) is 11.9. The Hall–Kier alpha value is -0.790. The van der Waals surface area contributed by atoms with E-state index in [9.17, 15) is 26.4 Å². The summed E-state index contributed by atoms with van der Waals surface area (Å²) in [5.41, 5.74) is -5.55. The lowest BCUT2D eigenvalue weighted by atomic mass is 9.51. The molecule has 0 atom stereocenters. The van der Waals surface area contributed by atoms with Gasteiger partial charge >= 0.3 is 5.51 Å². The van der Waals surface area contributed by atoms with Gasteiger partial charge in [-0.05, 0) is 113 Å². The molecule has 4 nitrogen and oxygen atoms in total. The van der Waals surface area contributed by atoms with Crippen molar-refractivity contribution in [2.24, 2.45) is 34.5 Å². The summed E-state index contributed by atoms with van der Waals surface area (Å²) in [7, 11) is -5.04. The lowest BCUT2D eigenvalue weighted by molar-refractivity contribution is -0.144. The second-order valence-corrected chi connectivity index (χ2v) is 13.7. The van der Waals surface area contributed by atoms with E-state index in [0.717, 1.165) is 50.4 Å². The van der Waals surface area contributed by atoms with Crippen molar-refractivity contribution >= 4 is 15.7 Å². The normalized spacial score (nSPS) is 43.9. The second kappa shape index (κ2) is 7.36. The van der Waals surface area contributed by atoms with E-state index in [0.29, 0.717) is 24.3 Å². The van der Waals surface area contributed by atoms with Crippen LogP contribution < -0.4 is 5.32 Å². The molecule has 0 aliphatic heterocycles. The van der Waals surface area contributed by atoms with E-state index in [-0.39, 0.29) is 23.2 Å². The van der Waals surface area contributed by atoms with Crippen LogP contribution in [0.15, 0.2) is 0 Å². The van der Waals surface area contributed by atoms with E-state index in [1.807, 2.05) is 0 Å². The molecule has 7 rings (SSSR count). The van der Waals surface area contributed by atoms with Crippen LogP contribution in [0.5, 0.6) is 0 Å². The summed E-state index contributed by atoms with van der Waals surface area (Å²) in [5.74, 6) is 2.45. The summed E-state index contributed by atoms with van der Waals surface area (Å²) in [5, 5.41) is 3.50. The van der Waals surface area contributed by atoms with Crippen molar-refractivity contribution in [3.63, 3.8) is 0 Å². The first-order chi connectivity index (χ1) is 14.5. The van der Waals surface area contributed by atoms with Crippen LogP contribution >= 0.6 is 0 Å². The van der Waals surface area contributed by atoms with E-state index in [1.54, 1.807) is 0 Å². The third-order valence-electron chi connectivity index (χ3n) is 9.88. The number of halogens is 3. The number of sulfone groups is 1. The molecule has 0 heterocycles. The molecule has 176 valence electrons. The summed E-state index contributed by atoms with van der Waals surface area (Å²) in [4.78, 5) is 13.4. The lowest BCUT2D eigenvalue weighted by Crippen LogP contribution is -2.59. The molecule has 7 aliphatic carbocycles. The number of fused-ring (bicyclic) bond motifs is 3. The zero-order chi connectivity index (χ0) is 22.1. The van der Waals surface area contributed by atoms with Gasteiger partial charge in [-0.25, -0.2) is 8.42 Å². The zero-order valence-corrected chi connectivity index (χ0v) is 18.9. The van der Waals surface area contributed by atoms with Gasteiger partial charge in [-0.3, -0.25) is 4.79 Å². The molecule has 7 fully saturated rings. The van der Waals surface area contributed by atoms with Crippen LogP contribution in [0.1, 0.15) is 83.5 Å². The first-order valence-corrected chi connectivity index (χ1v) is 13.8. The molecule has 1 N–H and O–H groups in total. The highest BCUT2D eigenvalue weighted by molar-refractivity contribution is 7.92. The van der Waals surface area contributed by atoms with Crippen LogP contribution in [0, 0.1) is 34.5 Å². The maximum Gasteiger partial charge on any atom is 0.497 e. The minimum atomic E-state index is -5.16. The van der Waals surface area contributed by atoms with Crippen LogP contribution in [0.2, 0.25) is 0 Å². The minimum absolute atomic E-state index is 0.0504. The van der Waals surface area contributed by atoms with Crippen LogP contribution in [-0.2, 0) is 14.6 Å². The molecule has 0 radical (unpaired) electrons. The lowest BCUT2D eigenvalue weighted by Gasteiger charge is -2.56. The molecule has 31 heavy (non-hydrogen) atoms. The number of amides is 1. The Balaban J connectivity index is 1.16. The van der Waals surface area contributed by atoms with Crippen LogP contribution in [0.4, 0.5) is 13.2 Å². The predicted octanol–water partition coefficient (Wildman–Crippen LogP) is 4.98. The van der Waals surface area contributed by atoms with Crippen molar-refractivity contribution in [1.29, 1.82) is 0 Å². The van der Waals surface area contributed by atoms with Crippen LogP contribution in [-0.4, -0.2) is 31.6 Å². The molecule has 0 unspecified atom stereocenters. The second-order valence-electron chi connectivity index (χ2n) is 11.6. The van der Waals surface area contributed by atoms with Gasteiger partial charge in [0.05, 0.1) is 5.75 Å². The smallest absolute Gasteiger partial charge is 0.352 e. The molecule has 8 heteroatoms. The number of nitrogens with one attached hydrogen (secondary N) is 1. The highest BCUT2D eigenvalue weighted by atomic mass is 32.2. The zero-order valence-electron chi connectivity index (χ0n) is 18.1. The molecule has 1 amide bonds. The van der Waals surface area contributed by atoms with Crippen molar-refractivity contribution in [1.82, 2.24) is 5.32 Å². The van der Waals surface area contributed by atoms with Gasteiger partial charge in [0.15, 0.2) is 0 Å². The van der Waals surface area contributed by atoms with Gasteiger partial charge in [-0.15, -0.1) is 0 Å². The Morgan fingerprint density at radius 1 is 0.871 bits per heavy atom. The van der Waals surface area contributed by atoms with Gasteiger partial charge in [0, 0.05) is 11.5 Å². The molecule has 0 saturated heterocycles. The van der Waals surface area contributed by atoms with Crippen LogP contribution in [0.3, 0.4) is 0 Å². The Labute approximate surface area is 183 Å². The van der Waals surface area contributed by atoms with E-state index < -0.39 is 21.1 Å². The van der Waals surface area contributed by atoms with Gasteiger partial charge in [-0.1, -0.05) is 0 Å². The molecule has 7 saturated carbocycles. The highest BCUT2D eigenvalue weighted by Gasteiger charge is 2.55. The molecule has 6 bridgehead atoms. The summed E-state index contributed by atoms with van der Waals surface area (Å²) < 4.78 is 60.5. The van der Waals surface area contributed by atoms with Gasteiger partial charge in [0.25, 0.3) is 0 Å². The number of rotatable bonds is 6. The Morgan fingerprint density at radius 2 is 1.39 bits per heavy atom. The number of carbonyl (C=O) groups is 1. The fraction of sp³-hybridized carbons (Fsp3) is 0.957. The SMILES string of the molecule is O=C(NC1C2CC3CC(C2)CC1C3)C12CCC(CCCS(=O)(=O)C(F)(F)F)(CC1)CC2. The number of carbonyl (C=O) groups excluding carboxylic acids is 1. The van der Waals surface area contributed by atoms with Crippen molar-refractivity contribution < 1.29 is 26.4 Å². The number of hydrogen-bond donors (Lipinski definition) is 1. The van der Waals surface area contributed by atoms with Gasteiger partial charge < -0.3 is 5.32 Å². The topological polar surface area (TPSA) is 63.2 Å². The Morgan fingerprint density at radius 3 is 1.87 bits per heavy atom. The monoisotopic (exact) mass is 461 g/mol. The average Bonchev–Trinajstić information content (AvgIpc) is 2.70. The van der Waals surface area contributed by atoms with Crippen molar-refractivity contribution in [3.05, 3.63) is 0 Å². The number of alkyl halides is 3. The maximum absolute atomic E-state index is 13.4. The molecule has 0 spiro atoms. The average molecular weight is 462 g/mol. The summed E-state index contributed by atoms with van der Waals surface area (Å²) >= 11 is 0. The Bertz CT molecular complexity index is 785. The molecule has 0 aromatic carbocycles. The highest BCUT2D eigenvalue weighted by Crippen LogP contribution is 2.59. The summed E-state index contributed by atoms with van der Waals surface area (Å²) in [6, 6.07) is 0.343. The molecular formula is C23H34F3NO3S. The van der Waals surface area contributed by atoms with Gasteiger partial charge in [0.1, 0.15) is 0 Å². The number of hydrogen-bond acceptors (Lipinski definition) is 3. The third-order valence-corrected chi connectivity index (χ3v) is 11.4. The van der Waals surface area contributed by atoms with E-state index >= 15 is 0 Å². The summed E-state index contributed by atoms with van der Waals surface area (Å²) in [6.45, 7) is 0. The largest absolute Gasteiger partial charge is 0.497 e. The van der Waals surface area contributed by atoms with Gasteiger partial charge in [0.2, 0.25) is 15.7 Å². The predicted molar refractivity (Wildman–Crippen MR) is 111 cm³/mol. The molecule has 7 aliphatic rings. The fourth-order valence-electron chi connectivity index (χ4n) is 8.20. The first-order valence-electron chi connectivity index (χ1n) is 12.1. The molecule has 0 aromatic rings. The maximum atomic E-state index is 13.4. The van der Waals surface area contributed by atoms with Crippen molar-refractivity contribution in [2.45, 2.75) is 95.0 Å². The van der Waals surface area contributed by atoms with Crippen molar-refractivity contribution in [2.75, 3.05) is 5.75 Å². The van der Waals surface area contributed by atoms with E-state index in [4.69, 9.17) is 0 Å².